The first-order valence-corrected chi connectivity index (χ1v) is 7.07. The fourth-order valence-electron chi connectivity index (χ4n) is 2.32. The van der Waals surface area contributed by atoms with Crippen molar-refractivity contribution in [2.45, 2.75) is 20.8 Å². The topological polar surface area (TPSA) is 63.7 Å². The summed E-state index contributed by atoms with van der Waals surface area (Å²) in [7, 11) is 0. The Labute approximate surface area is 123 Å². The molecule has 1 saturated heterocycles. The second-order valence-corrected chi connectivity index (χ2v) is 5.22. The molecule has 0 saturated carbocycles. The van der Waals surface area contributed by atoms with Gasteiger partial charge >= 0.3 is 0 Å². The number of hydrogen-bond acceptors (Lipinski definition) is 4. The van der Waals surface area contributed by atoms with Gasteiger partial charge in [-0.15, -0.1) is 0 Å². The van der Waals surface area contributed by atoms with Crippen LogP contribution in [0.15, 0.2) is 24.3 Å². The van der Waals surface area contributed by atoms with Crippen LogP contribution in [0.25, 0.3) is 0 Å². The largest absolute Gasteiger partial charge is 0.494 e. The van der Waals surface area contributed by atoms with Crippen molar-refractivity contribution in [2.24, 2.45) is 11.8 Å². The van der Waals surface area contributed by atoms with Crippen LogP contribution >= 0.6 is 0 Å². The van der Waals surface area contributed by atoms with Gasteiger partial charge in [0, 0.05) is 17.4 Å². The van der Waals surface area contributed by atoms with Crippen molar-refractivity contribution in [3.05, 3.63) is 29.8 Å². The fourth-order valence-corrected chi connectivity index (χ4v) is 2.32. The van der Waals surface area contributed by atoms with E-state index in [1.165, 1.54) is 0 Å². The minimum atomic E-state index is -0.356. The highest BCUT2D eigenvalue weighted by Crippen LogP contribution is 2.25. The van der Waals surface area contributed by atoms with Crippen molar-refractivity contribution in [1.29, 1.82) is 0 Å². The summed E-state index contributed by atoms with van der Waals surface area (Å²) >= 11 is 0. The number of hydrogen-bond donors (Lipinski definition) is 0. The van der Waals surface area contributed by atoms with Crippen molar-refractivity contribution in [3.63, 3.8) is 0 Å². The first kappa shape index (κ1) is 15.2. The van der Waals surface area contributed by atoms with Gasteiger partial charge in [0.25, 0.3) is 0 Å². The van der Waals surface area contributed by atoms with E-state index in [2.05, 4.69) is 0 Å². The van der Waals surface area contributed by atoms with E-state index in [9.17, 15) is 14.4 Å². The van der Waals surface area contributed by atoms with Crippen molar-refractivity contribution in [2.75, 3.05) is 13.2 Å². The van der Waals surface area contributed by atoms with Gasteiger partial charge in [-0.1, -0.05) is 13.8 Å². The van der Waals surface area contributed by atoms with Gasteiger partial charge in [-0.2, -0.15) is 0 Å². The van der Waals surface area contributed by atoms with Crippen LogP contribution in [-0.4, -0.2) is 35.6 Å². The molecule has 2 atom stereocenters. The molecule has 2 unspecified atom stereocenters. The third-order valence-corrected chi connectivity index (χ3v) is 3.85. The Kier molecular flexibility index (Phi) is 4.40. The maximum absolute atomic E-state index is 12.2. The summed E-state index contributed by atoms with van der Waals surface area (Å²) in [6, 6.07) is 6.70. The summed E-state index contributed by atoms with van der Waals surface area (Å²) < 4.78 is 5.31. The molecule has 5 heteroatoms. The van der Waals surface area contributed by atoms with Crippen molar-refractivity contribution in [1.82, 2.24) is 4.90 Å². The summed E-state index contributed by atoms with van der Waals surface area (Å²) in [5, 5.41) is 0. The number of imide groups is 1. The molecule has 5 nitrogen and oxygen atoms in total. The average Bonchev–Trinajstić information content (AvgIpc) is 2.66. The predicted octanol–water partition coefficient (Wildman–Crippen LogP) is 1.91. The van der Waals surface area contributed by atoms with Crippen molar-refractivity contribution < 1.29 is 19.1 Å². The molecule has 0 spiro atoms. The van der Waals surface area contributed by atoms with E-state index < -0.39 is 0 Å². The minimum Gasteiger partial charge on any atom is -0.494 e. The molecule has 112 valence electrons. The first-order valence-electron chi connectivity index (χ1n) is 7.07. The molecule has 0 radical (unpaired) electrons. The van der Waals surface area contributed by atoms with E-state index in [-0.39, 0.29) is 36.0 Å². The minimum absolute atomic E-state index is 0.194. The number of benzene rings is 1. The molecule has 1 aliphatic heterocycles. The Balaban J connectivity index is 2.08. The Hall–Kier alpha value is -2.17. The van der Waals surface area contributed by atoms with Gasteiger partial charge in [-0.05, 0) is 31.2 Å². The third-order valence-electron chi connectivity index (χ3n) is 3.85. The van der Waals surface area contributed by atoms with Gasteiger partial charge in [-0.25, -0.2) is 0 Å². The first-order chi connectivity index (χ1) is 9.95. The Morgan fingerprint density at radius 2 is 1.62 bits per heavy atom. The van der Waals surface area contributed by atoms with Crippen LogP contribution in [0, 0.1) is 11.8 Å². The molecule has 0 N–H and O–H groups in total. The molecule has 1 aromatic carbocycles. The number of Topliss-reactive ketones (excluding diaryl/α,β-unsaturated/α-hetero) is 1. The Morgan fingerprint density at radius 1 is 1.10 bits per heavy atom. The molecule has 0 aromatic heterocycles. The van der Waals surface area contributed by atoms with Gasteiger partial charge in [0.05, 0.1) is 13.2 Å². The summed E-state index contributed by atoms with van der Waals surface area (Å²) in [4.78, 5) is 37.2. The lowest BCUT2D eigenvalue weighted by Gasteiger charge is -2.13. The van der Waals surface area contributed by atoms with Gasteiger partial charge in [0.1, 0.15) is 5.75 Å². The normalized spacial score (nSPS) is 21.8. The lowest BCUT2D eigenvalue weighted by atomic mass is 10.00. The van der Waals surface area contributed by atoms with Crippen LogP contribution in [0.2, 0.25) is 0 Å². The quantitative estimate of drug-likeness (QED) is 0.613. The Morgan fingerprint density at radius 3 is 2.10 bits per heavy atom. The van der Waals surface area contributed by atoms with Crippen molar-refractivity contribution >= 4 is 17.6 Å². The molecule has 1 aromatic rings. The number of carbonyl (C=O) groups is 3. The van der Waals surface area contributed by atoms with Crippen LogP contribution in [0.5, 0.6) is 5.75 Å². The number of carbonyl (C=O) groups excluding carboxylic acids is 3. The number of nitrogens with zero attached hydrogens (tertiary/aromatic N) is 1. The predicted molar refractivity (Wildman–Crippen MR) is 77.0 cm³/mol. The number of ether oxygens (including phenoxy) is 1. The van der Waals surface area contributed by atoms with E-state index in [4.69, 9.17) is 4.74 Å². The fraction of sp³-hybridized carbons (Fsp3) is 0.438. The van der Waals surface area contributed by atoms with Gasteiger partial charge in [-0.3, -0.25) is 19.3 Å². The summed E-state index contributed by atoms with van der Waals surface area (Å²) in [5.41, 5.74) is 0.464. The molecule has 1 aliphatic rings. The van der Waals surface area contributed by atoms with Crippen LogP contribution in [0.1, 0.15) is 31.1 Å². The molecule has 0 bridgehead atoms. The zero-order valence-electron chi connectivity index (χ0n) is 12.5. The lowest BCUT2D eigenvalue weighted by Crippen LogP contribution is -2.35. The standard InChI is InChI=1S/C16H19NO4/c1-4-21-13-7-5-12(6-8-13)14(18)9-17-15(19)10(2)11(3)16(17)20/h5-8,10-11H,4,9H2,1-3H3. The molecule has 21 heavy (non-hydrogen) atoms. The van der Waals surface area contributed by atoms with E-state index >= 15 is 0 Å². The third kappa shape index (κ3) is 2.96. The number of rotatable bonds is 5. The van der Waals surface area contributed by atoms with Gasteiger partial charge in [0.2, 0.25) is 11.8 Å². The SMILES string of the molecule is CCOc1ccc(C(=O)CN2C(=O)C(C)C(C)C2=O)cc1. The lowest BCUT2D eigenvalue weighted by molar-refractivity contribution is -0.139. The molecule has 0 aliphatic carbocycles. The molecule has 2 rings (SSSR count). The molecule has 1 fully saturated rings. The highest BCUT2D eigenvalue weighted by molar-refractivity contribution is 6.09. The van der Waals surface area contributed by atoms with Crippen molar-refractivity contribution in [3.8, 4) is 5.75 Å². The monoisotopic (exact) mass is 289 g/mol. The summed E-state index contributed by atoms with van der Waals surface area (Å²) in [6.07, 6.45) is 0. The highest BCUT2D eigenvalue weighted by atomic mass is 16.5. The summed E-state index contributed by atoms with van der Waals surface area (Å²) in [5.74, 6) is -0.819. The van der Waals surface area contributed by atoms with Gasteiger partial charge < -0.3 is 4.74 Å². The maximum atomic E-state index is 12.2. The average molecular weight is 289 g/mol. The van der Waals surface area contributed by atoms with Crippen LogP contribution in [0.4, 0.5) is 0 Å². The van der Waals surface area contributed by atoms with Crippen LogP contribution in [0.3, 0.4) is 0 Å². The number of ketones is 1. The van der Waals surface area contributed by atoms with E-state index in [0.29, 0.717) is 17.9 Å². The van der Waals surface area contributed by atoms with E-state index in [1.807, 2.05) is 6.92 Å². The smallest absolute Gasteiger partial charge is 0.233 e. The van der Waals surface area contributed by atoms with E-state index in [0.717, 1.165) is 4.90 Å². The summed E-state index contributed by atoms with van der Waals surface area (Å²) in [6.45, 7) is 5.67. The number of amides is 2. The Bertz CT molecular complexity index is 544. The molecule has 1 heterocycles. The zero-order valence-corrected chi connectivity index (χ0v) is 12.5. The zero-order chi connectivity index (χ0) is 15.6. The maximum Gasteiger partial charge on any atom is 0.233 e. The van der Waals surface area contributed by atoms with Crippen LogP contribution in [-0.2, 0) is 9.59 Å². The van der Waals surface area contributed by atoms with Crippen LogP contribution < -0.4 is 4.74 Å². The molecule has 2 amide bonds. The van der Waals surface area contributed by atoms with E-state index in [1.54, 1.807) is 38.1 Å². The molecular weight excluding hydrogens is 270 g/mol. The second kappa shape index (κ2) is 6.08. The molecular formula is C16H19NO4. The number of likely N-dealkylation sites (tertiary alicyclic amines) is 1. The highest BCUT2D eigenvalue weighted by Gasteiger charge is 2.42. The van der Waals surface area contributed by atoms with Gasteiger partial charge in [0.15, 0.2) is 5.78 Å². The second-order valence-electron chi connectivity index (χ2n) is 5.22.